The first-order valence-electron chi connectivity index (χ1n) is 3.95. The number of fused-ring (bicyclic) bond motifs is 1. The van der Waals surface area contributed by atoms with Gasteiger partial charge in [0.05, 0.1) is 10.0 Å². The Balaban J connectivity index is 2.54. The summed E-state index contributed by atoms with van der Waals surface area (Å²) in [5.74, 6) is 0. The van der Waals surface area contributed by atoms with Gasteiger partial charge in [-0.1, -0.05) is 29.3 Å². The van der Waals surface area contributed by atoms with Gasteiger partial charge < -0.3 is 5.32 Å². The predicted octanol–water partition coefficient (Wildman–Crippen LogP) is 2.64. The van der Waals surface area contributed by atoms with Crippen molar-refractivity contribution in [2.24, 2.45) is 0 Å². The van der Waals surface area contributed by atoms with Crippen molar-refractivity contribution in [3.8, 4) is 0 Å². The Morgan fingerprint density at radius 2 is 2.08 bits per heavy atom. The van der Waals surface area contributed by atoms with E-state index in [1.165, 1.54) is 11.1 Å². The molecule has 0 radical (unpaired) electrons. The first kappa shape index (κ1) is 8.36. The molecule has 0 fully saturated rings. The van der Waals surface area contributed by atoms with Gasteiger partial charge in [0.1, 0.15) is 0 Å². The highest BCUT2D eigenvalue weighted by Gasteiger charge is 2.13. The van der Waals surface area contributed by atoms with Gasteiger partial charge in [0, 0.05) is 6.54 Å². The quantitative estimate of drug-likeness (QED) is 0.681. The second-order valence-corrected chi connectivity index (χ2v) is 3.71. The first-order valence-corrected chi connectivity index (χ1v) is 4.71. The number of hydrogen-bond donors (Lipinski definition) is 1. The molecule has 1 N–H and O–H groups in total. The lowest BCUT2D eigenvalue weighted by Crippen LogP contribution is -2.23. The zero-order valence-corrected chi connectivity index (χ0v) is 8.04. The minimum atomic E-state index is 0.664. The summed E-state index contributed by atoms with van der Waals surface area (Å²) in [5, 5.41) is 4.68. The Morgan fingerprint density at radius 3 is 2.92 bits per heavy atom. The molecule has 0 aromatic heterocycles. The van der Waals surface area contributed by atoms with E-state index in [9.17, 15) is 0 Å². The molecule has 0 aliphatic carbocycles. The number of nitrogens with one attached hydrogen (secondary N) is 1. The van der Waals surface area contributed by atoms with Crippen LogP contribution in [0.5, 0.6) is 0 Å². The van der Waals surface area contributed by atoms with Gasteiger partial charge in [-0.2, -0.15) is 0 Å². The van der Waals surface area contributed by atoms with E-state index in [1.54, 1.807) is 0 Å². The molecular weight excluding hydrogens is 193 g/mol. The average molecular weight is 202 g/mol. The summed E-state index contributed by atoms with van der Waals surface area (Å²) >= 11 is 11.9. The van der Waals surface area contributed by atoms with Crippen molar-refractivity contribution < 1.29 is 0 Å². The highest BCUT2D eigenvalue weighted by molar-refractivity contribution is 6.42. The van der Waals surface area contributed by atoms with Crippen molar-refractivity contribution in [2.45, 2.75) is 13.0 Å². The summed E-state index contributed by atoms with van der Waals surface area (Å²) in [5.41, 5.74) is 2.48. The highest BCUT2D eigenvalue weighted by Crippen LogP contribution is 2.30. The second kappa shape index (κ2) is 3.25. The molecule has 1 aromatic carbocycles. The minimum Gasteiger partial charge on any atom is -0.312 e. The molecule has 1 aliphatic heterocycles. The van der Waals surface area contributed by atoms with Crippen LogP contribution in [0.2, 0.25) is 10.0 Å². The molecular formula is C9H9Cl2N. The van der Waals surface area contributed by atoms with Gasteiger partial charge in [-0.25, -0.2) is 0 Å². The Hall–Kier alpha value is -0.240. The van der Waals surface area contributed by atoms with Crippen LogP contribution in [0.1, 0.15) is 11.1 Å². The van der Waals surface area contributed by atoms with E-state index in [1.807, 2.05) is 12.1 Å². The van der Waals surface area contributed by atoms with Crippen LogP contribution in [0.3, 0.4) is 0 Å². The van der Waals surface area contributed by atoms with Crippen LogP contribution >= 0.6 is 23.2 Å². The average Bonchev–Trinajstić information content (AvgIpc) is 2.12. The lowest BCUT2D eigenvalue weighted by Gasteiger charge is -2.18. The van der Waals surface area contributed by atoms with Gasteiger partial charge in [0.15, 0.2) is 0 Å². The maximum atomic E-state index is 6.05. The van der Waals surface area contributed by atoms with E-state index in [4.69, 9.17) is 23.2 Å². The fourth-order valence-corrected chi connectivity index (χ4v) is 1.96. The van der Waals surface area contributed by atoms with Gasteiger partial charge in [-0.3, -0.25) is 0 Å². The Kier molecular flexibility index (Phi) is 2.26. The zero-order valence-electron chi connectivity index (χ0n) is 6.53. The van der Waals surface area contributed by atoms with Gasteiger partial charge >= 0.3 is 0 Å². The van der Waals surface area contributed by atoms with Crippen LogP contribution in [-0.4, -0.2) is 6.54 Å². The summed E-state index contributed by atoms with van der Waals surface area (Å²) < 4.78 is 0. The third-order valence-corrected chi connectivity index (χ3v) is 3.00. The number of benzene rings is 1. The van der Waals surface area contributed by atoms with Gasteiger partial charge in [0.25, 0.3) is 0 Å². The molecule has 64 valence electrons. The van der Waals surface area contributed by atoms with Crippen LogP contribution in [0.15, 0.2) is 12.1 Å². The molecule has 0 saturated heterocycles. The van der Waals surface area contributed by atoms with Crippen molar-refractivity contribution in [3.05, 3.63) is 33.3 Å². The number of rotatable bonds is 0. The maximum absolute atomic E-state index is 6.05. The lowest BCUT2D eigenvalue weighted by atomic mass is 10.0. The summed E-state index contributed by atoms with van der Waals surface area (Å²) in [6.07, 6.45) is 0.981. The molecule has 1 heterocycles. The largest absolute Gasteiger partial charge is 0.312 e. The van der Waals surface area contributed by atoms with Gasteiger partial charge in [0.2, 0.25) is 0 Å². The van der Waals surface area contributed by atoms with Crippen LogP contribution < -0.4 is 5.32 Å². The zero-order chi connectivity index (χ0) is 8.55. The molecule has 1 nitrogen and oxygen atoms in total. The summed E-state index contributed by atoms with van der Waals surface area (Å²) in [6.45, 7) is 1.90. The van der Waals surface area contributed by atoms with Gasteiger partial charge in [-0.05, 0) is 30.2 Å². The summed E-state index contributed by atoms with van der Waals surface area (Å²) in [6, 6.07) is 3.89. The van der Waals surface area contributed by atoms with E-state index in [0.29, 0.717) is 5.02 Å². The highest BCUT2D eigenvalue weighted by atomic mass is 35.5. The van der Waals surface area contributed by atoms with Crippen molar-refractivity contribution >= 4 is 23.2 Å². The molecule has 0 bridgehead atoms. The Morgan fingerprint density at radius 1 is 1.25 bits per heavy atom. The Bertz CT molecular complexity index is 310. The van der Waals surface area contributed by atoms with E-state index in [-0.39, 0.29) is 0 Å². The monoisotopic (exact) mass is 201 g/mol. The molecule has 12 heavy (non-hydrogen) atoms. The van der Waals surface area contributed by atoms with Crippen molar-refractivity contribution in [2.75, 3.05) is 6.54 Å². The fraction of sp³-hybridized carbons (Fsp3) is 0.333. The minimum absolute atomic E-state index is 0.664. The van der Waals surface area contributed by atoms with E-state index in [0.717, 1.165) is 24.5 Å². The maximum Gasteiger partial charge on any atom is 0.0628 e. The SMILES string of the molecule is Clc1ccc2c(c1Cl)CCNC2. The molecule has 0 unspecified atom stereocenters. The third kappa shape index (κ3) is 1.33. The smallest absolute Gasteiger partial charge is 0.0628 e. The summed E-state index contributed by atoms with van der Waals surface area (Å²) in [7, 11) is 0. The molecule has 0 spiro atoms. The topological polar surface area (TPSA) is 12.0 Å². The van der Waals surface area contributed by atoms with Crippen LogP contribution in [0.25, 0.3) is 0 Å². The standard InChI is InChI=1S/C9H9Cl2N/c10-8-2-1-6-5-12-4-3-7(6)9(8)11/h1-2,12H,3-5H2. The molecule has 0 atom stereocenters. The van der Waals surface area contributed by atoms with Crippen molar-refractivity contribution in [1.29, 1.82) is 0 Å². The fourth-order valence-electron chi connectivity index (χ4n) is 1.50. The third-order valence-electron chi connectivity index (χ3n) is 2.16. The van der Waals surface area contributed by atoms with Gasteiger partial charge in [-0.15, -0.1) is 0 Å². The second-order valence-electron chi connectivity index (χ2n) is 2.93. The molecule has 3 heteroatoms. The Labute approximate surface area is 81.7 Å². The molecule has 0 saturated carbocycles. The van der Waals surface area contributed by atoms with Crippen LogP contribution in [0.4, 0.5) is 0 Å². The normalized spacial score (nSPS) is 15.8. The molecule has 2 rings (SSSR count). The molecule has 0 amide bonds. The predicted molar refractivity (Wildman–Crippen MR) is 51.9 cm³/mol. The van der Waals surface area contributed by atoms with E-state index >= 15 is 0 Å². The lowest BCUT2D eigenvalue weighted by molar-refractivity contribution is 0.644. The number of hydrogen-bond acceptors (Lipinski definition) is 1. The van der Waals surface area contributed by atoms with Crippen molar-refractivity contribution in [3.63, 3.8) is 0 Å². The van der Waals surface area contributed by atoms with Crippen LogP contribution in [-0.2, 0) is 13.0 Å². The van der Waals surface area contributed by atoms with Crippen LogP contribution in [0, 0.1) is 0 Å². The van der Waals surface area contributed by atoms with Crippen molar-refractivity contribution in [1.82, 2.24) is 5.32 Å². The van der Waals surface area contributed by atoms with E-state index in [2.05, 4.69) is 5.32 Å². The molecule has 1 aliphatic rings. The first-order chi connectivity index (χ1) is 5.79. The molecule has 1 aromatic rings. The summed E-state index contributed by atoms with van der Waals surface area (Å²) in [4.78, 5) is 0. The number of halogens is 2. The van der Waals surface area contributed by atoms with E-state index < -0.39 is 0 Å².